The Balaban J connectivity index is 1.98. The van der Waals surface area contributed by atoms with Crippen molar-refractivity contribution >= 4 is 17.8 Å². The Labute approximate surface area is 148 Å². The Hall–Kier alpha value is -2.31. The van der Waals surface area contributed by atoms with Gasteiger partial charge in [-0.1, -0.05) is 0 Å². The Bertz CT molecular complexity index is 678. The summed E-state index contributed by atoms with van der Waals surface area (Å²) in [5.41, 5.74) is 2.29. The van der Waals surface area contributed by atoms with Crippen molar-refractivity contribution < 1.29 is 19.1 Å². The first-order valence-corrected chi connectivity index (χ1v) is 8.77. The molecule has 0 radical (unpaired) electrons. The van der Waals surface area contributed by atoms with Crippen molar-refractivity contribution in [1.82, 2.24) is 14.8 Å². The van der Waals surface area contributed by atoms with Crippen molar-refractivity contribution in [2.45, 2.75) is 40.0 Å². The number of likely N-dealkylation sites (tertiary alicyclic amines) is 1. The van der Waals surface area contributed by atoms with Gasteiger partial charge < -0.3 is 19.5 Å². The molecule has 1 N–H and O–H groups in total. The SMILES string of the molecule is CCOC(=O)c1c(C)c(C(=O)NCCCN2CCCC2=O)c(C)n1C. The lowest BCUT2D eigenvalue weighted by molar-refractivity contribution is -0.127. The van der Waals surface area contributed by atoms with E-state index in [0.717, 1.165) is 18.7 Å². The molecule has 0 unspecified atom stereocenters. The van der Waals surface area contributed by atoms with Crippen LogP contribution in [-0.2, 0) is 16.6 Å². The van der Waals surface area contributed by atoms with Gasteiger partial charge in [0.2, 0.25) is 5.91 Å². The molecule has 25 heavy (non-hydrogen) atoms. The van der Waals surface area contributed by atoms with Crippen LogP contribution in [0.5, 0.6) is 0 Å². The highest BCUT2D eigenvalue weighted by molar-refractivity contribution is 6.01. The number of amides is 2. The molecule has 0 aromatic carbocycles. The largest absolute Gasteiger partial charge is 0.461 e. The Morgan fingerprint density at radius 1 is 1.28 bits per heavy atom. The van der Waals surface area contributed by atoms with Crippen LogP contribution in [0, 0.1) is 13.8 Å². The molecule has 138 valence electrons. The quantitative estimate of drug-likeness (QED) is 0.598. The van der Waals surface area contributed by atoms with E-state index < -0.39 is 5.97 Å². The van der Waals surface area contributed by atoms with Gasteiger partial charge in [-0.15, -0.1) is 0 Å². The molecular weight excluding hydrogens is 322 g/mol. The van der Waals surface area contributed by atoms with Gasteiger partial charge in [0, 0.05) is 38.8 Å². The number of carbonyl (C=O) groups excluding carboxylic acids is 3. The van der Waals surface area contributed by atoms with E-state index in [1.807, 2.05) is 11.8 Å². The molecule has 7 nitrogen and oxygen atoms in total. The lowest BCUT2D eigenvalue weighted by Crippen LogP contribution is -2.31. The van der Waals surface area contributed by atoms with Crippen molar-refractivity contribution in [2.75, 3.05) is 26.2 Å². The van der Waals surface area contributed by atoms with E-state index >= 15 is 0 Å². The highest BCUT2D eigenvalue weighted by Gasteiger charge is 2.25. The molecule has 0 aliphatic carbocycles. The maximum Gasteiger partial charge on any atom is 0.355 e. The average Bonchev–Trinajstić information content (AvgIpc) is 3.06. The number of hydrogen-bond acceptors (Lipinski definition) is 4. The van der Waals surface area contributed by atoms with Gasteiger partial charge in [-0.05, 0) is 39.2 Å². The minimum atomic E-state index is -0.419. The van der Waals surface area contributed by atoms with E-state index in [1.165, 1.54) is 0 Å². The zero-order valence-corrected chi connectivity index (χ0v) is 15.5. The number of carbonyl (C=O) groups is 3. The summed E-state index contributed by atoms with van der Waals surface area (Å²) in [6.45, 7) is 7.59. The molecule has 2 amide bonds. The number of aromatic nitrogens is 1. The van der Waals surface area contributed by atoms with Crippen LogP contribution < -0.4 is 5.32 Å². The van der Waals surface area contributed by atoms with E-state index in [0.29, 0.717) is 49.4 Å². The zero-order valence-electron chi connectivity index (χ0n) is 15.5. The number of rotatable bonds is 7. The van der Waals surface area contributed by atoms with Crippen LogP contribution in [0.1, 0.15) is 58.3 Å². The first kappa shape index (κ1) is 19.0. The van der Waals surface area contributed by atoms with Crippen LogP contribution in [-0.4, -0.2) is 53.5 Å². The Kier molecular flexibility index (Phi) is 6.22. The van der Waals surface area contributed by atoms with Crippen molar-refractivity contribution in [3.05, 3.63) is 22.5 Å². The van der Waals surface area contributed by atoms with Gasteiger partial charge >= 0.3 is 5.97 Å². The predicted molar refractivity (Wildman–Crippen MR) is 93.6 cm³/mol. The second-order valence-electron chi connectivity index (χ2n) is 6.31. The molecule has 1 aromatic rings. The molecule has 0 bridgehead atoms. The van der Waals surface area contributed by atoms with Crippen LogP contribution in [0.3, 0.4) is 0 Å². The Morgan fingerprint density at radius 2 is 2.00 bits per heavy atom. The van der Waals surface area contributed by atoms with Crippen molar-refractivity contribution in [3.63, 3.8) is 0 Å². The Morgan fingerprint density at radius 3 is 2.60 bits per heavy atom. The minimum absolute atomic E-state index is 0.195. The molecule has 1 aromatic heterocycles. The van der Waals surface area contributed by atoms with Crippen LogP contribution in [0.25, 0.3) is 0 Å². The van der Waals surface area contributed by atoms with E-state index in [-0.39, 0.29) is 11.8 Å². The molecule has 0 saturated carbocycles. The topological polar surface area (TPSA) is 80.6 Å². The second kappa shape index (κ2) is 8.18. The number of nitrogens with one attached hydrogen (secondary N) is 1. The summed E-state index contributed by atoms with van der Waals surface area (Å²) in [6, 6.07) is 0. The highest BCUT2D eigenvalue weighted by Crippen LogP contribution is 2.22. The molecule has 2 rings (SSSR count). The number of esters is 1. The van der Waals surface area contributed by atoms with Crippen molar-refractivity contribution in [1.29, 1.82) is 0 Å². The summed E-state index contributed by atoms with van der Waals surface area (Å²) >= 11 is 0. The average molecular weight is 349 g/mol. The molecule has 7 heteroatoms. The molecule has 1 fully saturated rings. The summed E-state index contributed by atoms with van der Waals surface area (Å²) in [6.07, 6.45) is 2.27. The summed E-state index contributed by atoms with van der Waals surface area (Å²) < 4.78 is 6.77. The predicted octanol–water partition coefficient (Wildman–Crippen LogP) is 1.56. The first-order chi connectivity index (χ1) is 11.9. The van der Waals surface area contributed by atoms with Crippen LogP contribution in [0.4, 0.5) is 0 Å². The minimum Gasteiger partial charge on any atom is -0.461 e. The molecule has 1 aliphatic heterocycles. The van der Waals surface area contributed by atoms with Gasteiger partial charge in [-0.2, -0.15) is 0 Å². The third-order valence-corrected chi connectivity index (χ3v) is 4.69. The van der Waals surface area contributed by atoms with Gasteiger partial charge in [0.25, 0.3) is 5.91 Å². The fourth-order valence-corrected chi connectivity index (χ4v) is 3.30. The fourth-order valence-electron chi connectivity index (χ4n) is 3.30. The van der Waals surface area contributed by atoms with Gasteiger partial charge in [0.1, 0.15) is 5.69 Å². The summed E-state index contributed by atoms with van der Waals surface area (Å²) in [5, 5.41) is 2.89. The smallest absolute Gasteiger partial charge is 0.355 e. The number of nitrogens with zero attached hydrogens (tertiary/aromatic N) is 2. The molecule has 1 aliphatic rings. The van der Waals surface area contributed by atoms with Crippen molar-refractivity contribution in [2.24, 2.45) is 7.05 Å². The number of ether oxygens (including phenoxy) is 1. The van der Waals surface area contributed by atoms with E-state index in [4.69, 9.17) is 4.74 Å². The molecular formula is C18H27N3O4. The summed E-state index contributed by atoms with van der Waals surface area (Å²) in [5.74, 6) is -0.425. The van der Waals surface area contributed by atoms with Gasteiger partial charge in [0.15, 0.2) is 0 Å². The van der Waals surface area contributed by atoms with E-state index in [2.05, 4.69) is 5.32 Å². The lowest BCUT2D eigenvalue weighted by atomic mass is 10.1. The number of hydrogen-bond donors (Lipinski definition) is 1. The second-order valence-corrected chi connectivity index (χ2v) is 6.31. The molecule has 1 saturated heterocycles. The molecule has 0 atom stereocenters. The van der Waals surface area contributed by atoms with Crippen LogP contribution >= 0.6 is 0 Å². The monoisotopic (exact) mass is 349 g/mol. The zero-order chi connectivity index (χ0) is 18.6. The maximum absolute atomic E-state index is 12.5. The van der Waals surface area contributed by atoms with Gasteiger partial charge in [-0.25, -0.2) is 4.79 Å². The van der Waals surface area contributed by atoms with Crippen molar-refractivity contribution in [3.8, 4) is 0 Å². The standard InChI is InChI=1S/C18H27N3O4/c1-5-25-18(24)16-12(2)15(13(3)20(16)4)17(23)19-9-7-11-21-10-6-8-14(21)22/h5-11H2,1-4H3,(H,19,23). The van der Waals surface area contributed by atoms with Crippen LogP contribution in [0.2, 0.25) is 0 Å². The lowest BCUT2D eigenvalue weighted by Gasteiger charge is -2.15. The van der Waals surface area contributed by atoms with Gasteiger partial charge in [-0.3, -0.25) is 9.59 Å². The first-order valence-electron chi connectivity index (χ1n) is 8.77. The highest BCUT2D eigenvalue weighted by atomic mass is 16.5. The third kappa shape index (κ3) is 4.03. The fraction of sp³-hybridized carbons (Fsp3) is 0.611. The van der Waals surface area contributed by atoms with E-state index in [9.17, 15) is 14.4 Å². The molecule has 2 heterocycles. The summed E-state index contributed by atoms with van der Waals surface area (Å²) in [7, 11) is 1.75. The normalized spacial score (nSPS) is 14.1. The molecule has 0 spiro atoms. The van der Waals surface area contributed by atoms with E-state index in [1.54, 1.807) is 25.5 Å². The summed E-state index contributed by atoms with van der Waals surface area (Å²) in [4.78, 5) is 38.0. The maximum atomic E-state index is 12.5. The van der Waals surface area contributed by atoms with Gasteiger partial charge in [0.05, 0.1) is 12.2 Å². The van der Waals surface area contributed by atoms with Crippen LogP contribution in [0.15, 0.2) is 0 Å². The third-order valence-electron chi connectivity index (χ3n) is 4.69.